The molecule has 0 spiro atoms. The molecule has 1 fully saturated rings. The van der Waals surface area contributed by atoms with E-state index in [9.17, 15) is 4.79 Å². The normalized spacial score (nSPS) is 14.4. The van der Waals surface area contributed by atoms with Crippen LogP contribution < -0.4 is 16.4 Å². The molecule has 5 nitrogen and oxygen atoms in total. The summed E-state index contributed by atoms with van der Waals surface area (Å²) in [4.78, 5) is 16.0. The Bertz CT molecular complexity index is 648. The molecule has 6 heteroatoms. The summed E-state index contributed by atoms with van der Waals surface area (Å²) in [5.74, 6) is 0.101. The fraction of sp³-hybridized carbons (Fsp3) is 0.429. The number of amides is 1. The standard InChI is InChI=1S/C14H18N4OS/c1-8-17-12-7-11(10(15)6-13(12)20-8)16-5-4-14(19)18-9-2-3-9/h6-7,9,16H,2-5,15H2,1H3,(H,18,19). The molecular weight excluding hydrogens is 272 g/mol. The van der Waals surface area contributed by atoms with Gasteiger partial charge in [-0.05, 0) is 31.9 Å². The van der Waals surface area contributed by atoms with Crippen molar-refractivity contribution in [3.8, 4) is 0 Å². The number of nitrogens with one attached hydrogen (secondary N) is 2. The highest BCUT2D eigenvalue weighted by Gasteiger charge is 2.22. The smallest absolute Gasteiger partial charge is 0.221 e. The monoisotopic (exact) mass is 290 g/mol. The van der Waals surface area contributed by atoms with E-state index in [-0.39, 0.29) is 5.91 Å². The van der Waals surface area contributed by atoms with E-state index in [1.54, 1.807) is 11.3 Å². The number of aromatic nitrogens is 1. The average molecular weight is 290 g/mol. The van der Waals surface area contributed by atoms with Gasteiger partial charge in [0.1, 0.15) is 0 Å². The predicted molar refractivity (Wildman–Crippen MR) is 83.0 cm³/mol. The first-order chi connectivity index (χ1) is 9.61. The second-order valence-corrected chi connectivity index (χ2v) is 6.39. The van der Waals surface area contributed by atoms with E-state index >= 15 is 0 Å². The maximum Gasteiger partial charge on any atom is 0.221 e. The summed E-state index contributed by atoms with van der Waals surface area (Å²) in [6, 6.07) is 4.31. The van der Waals surface area contributed by atoms with E-state index in [0.717, 1.165) is 33.8 Å². The zero-order valence-electron chi connectivity index (χ0n) is 11.4. The van der Waals surface area contributed by atoms with Crippen LogP contribution >= 0.6 is 11.3 Å². The summed E-state index contributed by atoms with van der Waals surface area (Å²) < 4.78 is 1.09. The van der Waals surface area contributed by atoms with Gasteiger partial charge in [0, 0.05) is 19.0 Å². The maximum atomic E-state index is 11.6. The van der Waals surface area contributed by atoms with Gasteiger partial charge in [-0.15, -0.1) is 11.3 Å². The predicted octanol–water partition coefficient (Wildman–Crippen LogP) is 2.27. The highest BCUT2D eigenvalue weighted by molar-refractivity contribution is 7.18. The van der Waals surface area contributed by atoms with Crippen molar-refractivity contribution < 1.29 is 4.79 Å². The van der Waals surface area contributed by atoms with E-state index in [1.165, 1.54) is 0 Å². The molecule has 0 atom stereocenters. The molecule has 1 aromatic carbocycles. The van der Waals surface area contributed by atoms with Crippen molar-refractivity contribution in [3.05, 3.63) is 17.1 Å². The van der Waals surface area contributed by atoms with Crippen LogP contribution in [0.1, 0.15) is 24.3 Å². The minimum absolute atomic E-state index is 0.101. The third kappa shape index (κ3) is 3.01. The van der Waals surface area contributed by atoms with Crippen molar-refractivity contribution in [2.75, 3.05) is 17.6 Å². The summed E-state index contributed by atoms with van der Waals surface area (Å²) in [5.41, 5.74) is 8.52. The number of hydrogen-bond acceptors (Lipinski definition) is 5. The molecule has 4 N–H and O–H groups in total. The molecule has 0 saturated heterocycles. The van der Waals surface area contributed by atoms with Crippen LogP contribution in [0.3, 0.4) is 0 Å². The molecule has 0 bridgehead atoms. The number of benzene rings is 1. The van der Waals surface area contributed by atoms with Crippen molar-refractivity contribution in [1.82, 2.24) is 10.3 Å². The van der Waals surface area contributed by atoms with Crippen LogP contribution in [-0.4, -0.2) is 23.5 Å². The average Bonchev–Trinajstić information content (AvgIpc) is 3.11. The summed E-state index contributed by atoms with van der Waals surface area (Å²) in [6.45, 7) is 2.56. The third-order valence-electron chi connectivity index (χ3n) is 3.28. The molecule has 1 heterocycles. The van der Waals surface area contributed by atoms with Crippen molar-refractivity contribution in [3.63, 3.8) is 0 Å². The van der Waals surface area contributed by atoms with Gasteiger partial charge in [-0.3, -0.25) is 4.79 Å². The topological polar surface area (TPSA) is 80.0 Å². The number of nitrogens with two attached hydrogens (primary N) is 1. The zero-order chi connectivity index (χ0) is 14.1. The lowest BCUT2D eigenvalue weighted by atomic mass is 10.2. The summed E-state index contributed by atoms with van der Waals surface area (Å²) in [6.07, 6.45) is 2.70. The van der Waals surface area contributed by atoms with Gasteiger partial charge in [0.05, 0.1) is 26.6 Å². The van der Waals surface area contributed by atoms with Crippen molar-refractivity contribution in [1.29, 1.82) is 0 Å². The Balaban J connectivity index is 1.61. The molecule has 0 unspecified atom stereocenters. The Labute approximate surface area is 121 Å². The zero-order valence-corrected chi connectivity index (χ0v) is 12.2. The molecule has 1 aromatic heterocycles. The molecule has 0 radical (unpaired) electrons. The number of nitrogen functional groups attached to an aromatic ring is 1. The van der Waals surface area contributed by atoms with Crippen LogP contribution in [0.2, 0.25) is 0 Å². The Morgan fingerprint density at radius 2 is 2.30 bits per heavy atom. The number of anilines is 2. The third-order valence-corrected chi connectivity index (χ3v) is 4.21. The van der Waals surface area contributed by atoms with E-state index in [0.29, 0.717) is 24.7 Å². The number of rotatable bonds is 5. The minimum Gasteiger partial charge on any atom is -0.397 e. The van der Waals surface area contributed by atoms with Gasteiger partial charge in [0.15, 0.2) is 0 Å². The van der Waals surface area contributed by atoms with E-state index < -0.39 is 0 Å². The molecule has 1 aliphatic rings. The van der Waals surface area contributed by atoms with E-state index in [1.807, 2.05) is 19.1 Å². The van der Waals surface area contributed by atoms with Crippen molar-refractivity contribution in [2.24, 2.45) is 0 Å². The lowest BCUT2D eigenvalue weighted by molar-refractivity contribution is -0.120. The number of fused-ring (bicyclic) bond motifs is 1. The highest BCUT2D eigenvalue weighted by Crippen LogP contribution is 2.29. The van der Waals surface area contributed by atoms with Crippen LogP contribution in [0.5, 0.6) is 0 Å². The van der Waals surface area contributed by atoms with Gasteiger partial charge in [0.2, 0.25) is 5.91 Å². The second kappa shape index (κ2) is 5.28. The number of carbonyl (C=O) groups excluding carboxylic acids is 1. The Morgan fingerprint density at radius 3 is 3.05 bits per heavy atom. The number of nitrogens with zero attached hydrogens (tertiary/aromatic N) is 1. The summed E-state index contributed by atoms with van der Waals surface area (Å²) in [5, 5.41) is 7.21. The first-order valence-corrected chi connectivity index (χ1v) is 7.63. The maximum absolute atomic E-state index is 11.6. The largest absolute Gasteiger partial charge is 0.397 e. The molecule has 1 saturated carbocycles. The van der Waals surface area contributed by atoms with Crippen LogP contribution in [-0.2, 0) is 4.79 Å². The second-order valence-electron chi connectivity index (χ2n) is 5.16. The molecule has 106 valence electrons. The molecule has 3 rings (SSSR count). The van der Waals surface area contributed by atoms with Gasteiger partial charge in [0.25, 0.3) is 0 Å². The first kappa shape index (κ1) is 13.2. The Hall–Kier alpha value is -1.82. The van der Waals surface area contributed by atoms with Gasteiger partial charge >= 0.3 is 0 Å². The van der Waals surface area contributed by atoms with Crippen molar-refractivity contribution >= 4 is 38.8 Å². The minimum atomic E-state index is 0.101. The summed E-state index contributed by atoms with van der Waals surface area (Å²) >= 11 is 1.63. The Kier molecular flexibility index (Phi) is 3.48. The summed E-state index contributed by atoms with van der Waals surface area (Å²) in [7, 11) is 0. The SMILES string of the molecule is Cc1nc2cc(NCCC(=O)NC3CC3)c(N)cc2s1. The van der Waals surface area contributed by atoms with Crippen LogP contribution in [0.15, 0.2) is 12.1 Å². The Morgan fingerprint density at radius 1 is 1.50 bits per heavy atom. The fourth-order valence-corrected chi connectivity index (χ4v) is 2.95. The lowest BCUT2D eigenvalue weighted by Gasteiger charge is -2.09. The van der Waals surface area contributed by atoms with E-state index in [4.69, 9.17) is 5.73 Å². The van der Waals surface area contributed by atoms with Gasteiger partial charge in [-0.1, -0.05) is 0 Å². The number of thiazole rings is 1. The molecule has 2 aromatic rings. The number of aryl methyl sites for hydroxylation is 1. The van der Waals surface area contributed by atoms with Gasteiger partial charge in [-0.25, -0.2) is 4.98 Å². The lowest BCUT2D eigenvalue weighted by Crippen LogP contribution is -2.27. The molecule has 0 aliphatic heterocycles. The molecule has 20 heavy (non-hydrogen) atoms. The van der Waals surface area contributed by atoms with Crippen molar-refractivity contribution in [2.45, 2.75) is 32.2 Å². The first-order valence-electron chi connectivity index (χ1n) is 6.82. The van der Waals surface area contributed by atoms with Gasteiger partial charge < -0.3 is 16.4 Å². The van der Waals surface area contributed by atoms with Gasteiger partial charge in [-0.2, -0.15) is 0 Å². The molecule has 1 aliphatic carbocycles. The van der Waals surface area contributed by atoms with Crippen LogP contribution in [0.25, 0.3) is 10.2 Å². The highest BCUT2D eigenvalue weighted by atomic mass is 32.1. The number of carbonyl (C=O) groups is 1. The van der Waals surface area contributed by atoms with Crippen LogP contribution in [0, 0.1) is 6.92 Å². The van der Waals surface area contributed by atoms with E-state index in [2.05, 4.69) is 15.6 Å². The quantitative estimate of drug-likeness (QED) is 0.738. The fourth-order valence-electron chi connectivity index (χ4n) is 2.10. The van der Waals surface area contributed by atoms with Crippen LogP contribution in [0.4, 0.5) is 11.4 Å². The molecule has 1 amide bonds. The number of hydrogen-bond donors (Lipinski definition) is 3. The molecular formula is C14H18N4OS.